The Labute approximate surface area is 285 Å². The Hall–Kier alpha value is -2.76. The Kier molecular flexibility index (Phi) is 12.7. The van der Waals surface area contributed by atoms with E-state index in [0.29, 0.717) is 11.4 Å². The van der Waals surface area contributed by atoms with Crippen molar-refractivity contribution in [3.63, 3.8) is 0 Å². The molecule has 4 aromatic carbocycles. The molecule has 0 spiro atoms. The zero-order valence-electron chi connectivity index (χ0n) is 22.2. The normalized spacial score (nSPS) is 12.0. The first kappa shape index (κ1) is 35.4. The van der Waals surface area contributed by atoms with Crippen LogP contribution in [0.5, 0.6) is 11.5 Å². The summed E-state index contributed by atoms with van der Waals surface area (Å²) < 4.78 is 67.7. The van der Waals surface area contributed by atoms with Crippen molar-refractivity contribution in [1.82, 2.24) is 0 Å². The molecule has 0 amide bonds. The van der Waals surface area contributed by atoms with Gasteiger partial charge in [0.05, 0.1) is 22.7 Å². The summed E-state index contributed by atoms with van der Waals surface area (Å²) in [5.74, 6) is -0.432. The van der Waals surface area contributed by atoms with Crippen LogP contribution in [0.3, 0.4) is 0 Å². The summed E-state index contributed by atoms with van der Waals surface area (Å²) in [6.07, 6.45) is 2.46. The average molecular weight is 625 g/mol. The van der Waals surface area contributed by atoms with Crippen molar-refractivity contribution >= 4 is 55.1 Å². The Morgan fingerprint density at radius 2 is 0.786 bits per heavy atom. The van der Waals surface area contributed by atoms with Crippen molar-refractivity contribution in [2.24, 2.45) is 20.5 Å². The van der Waals surface area contributed by atoms with Crippen LogP contribution in [0.25, 0.3) is 12.2 Å². The van der Waals surface area contributed by atoms with E-state index in [4.69, 9.17) is 0 Å². The maximum Gasteiger partial charge on any atom is 1.00 e. The van der Waals surface area contributed by atoms with Crippen LogP contribution in [-0.2, 0) is 20.2 Å². The second kappa shape index (κ2) is 15.1. The topological polar surface area (TPSA) is 204 Å². The van der Waals surface area contributed by atoms with E-state index in [0.717, 1.165) is 12.1 Å². The molecule has 0 radical (unpaired) electrons. The zero-order chi connectivity index (χ0) is 28.9. The van der Waals surface area contributed by atoms with Crippen molar-refractivity contribution in [3.05, 3.63) is 96.1 Å². The molecule has 0 heterocycles. The van der Waals surface area contributed by atoms with Crippen LogP contribution >= 0.6 is 0 Å². The number of hydrogen-bond donors (Lipinski definition) is 2. The summed E-state index contributed by atoms with van der Waals surface area (Å²) in [5, 5.41) is 38.1. The van der Waals surface area contributed by atoms with Gasteiger partial charge < -0.3 is 10.2 Å². The van der Waals surface area contributed by atoms with E-state index >= 15 is 0 Å². The van der Waals surface area contributed by atoms with Gasteiger partial charge >= 0.3 is 59.1 Å². The van der Waals surface area contributed by atoms with Crippen LogP contribution in [0.15, 0.2) is 115 Å². The van der Waals surface area contributed by atoms with E-state index in [1.165, 1.54) is 84.9 Å². The zero-order valence-corrected chi connectivity index (χ0v) is 27.8. The van der Waals surface area contributed by atoms with Crippen molar-refractivity contribution in [2.75, 3.05) is 0 Å². The molecular formula is C26H18N4Na2O8S2. The van der Waals surface area contributed by atoms with Gasteiger partial charge in [0.2, 0.25) is 0 Å². The average Bonchev–Trinajstić information content (AvgIpc) is 2.90. The van der Waals surface area contributed by atoms with Gasteiger partial charge in [0.1, 0.15) is 9.79 Å². The van der Waals surface area contributed by atoms with Crippen molar-refractivity contribution < 1.29 is 95.3 Å². The molecule has 0 aromatic heterocycles. The molecular weight excluding hydrogens is 606 g/mol. The molecule has 4 rings (SSSR count). The minimum Gasteiger partial charge on any atom is -0.872 e. The molecule has 0 aliphatic heterocycles. The maximum absolute atomic E-state index is 12.0. The van der Waals surface area contributed by atoms with E-state index in [2.05, 4.69) is 20.5 Å². The summed E-state index contributed by atoms with van der Waals surface area (Å²) in [4.78, 5) is -1.06. The molecule has 0 unspecified atom stereocenters. The first-order valence-corrected chi connectivity index (χ1v) is 14.1. The number of azo groups is 2. The number of rotatable bonds is 8. The van der Waals surface area contributed by atoms with Gasteiger partial charge in [-0.3, -0.25) is 9.11 Å². The van der Waals surface area contributed by atoms with Crippen molar-refractivity contribution in [2.45, 2.75) is 9.79 Å². The fourth-order valence-electron chi connectivity index (χ4n) is 3.33. The molecule has 0 aliphatic carbocycles. The second-order valence-corrected chi connectivity index (χ2v) is 10.9. The maximum atomic E-state index is 12.0. The van der Waals surface area contributed by atoms with E-state index in [9.17, 15) is 36.2 Å². The Bertz CT molecular complexity index is 1730. The first-order chi connectivity index (χ1) is 18.9. The monoisotopic (exact) mass is 624 g/mol. The molecule has 0 fully saturated rings. The standard InChI is InChI=1S/C26H20N4O8S2.2Na/c31-23-11-7-19(8-12-23)27-29-21-5-3-17(25(15-21)39(33,34)35)1-2-18-4-6-22(16-26(18)40(36,37)38)30-28-20-9-13-24(32)14-10-20;;/h1-16,31-32H,(H,33,34,35)(H,36,37,38);;/q;2*+1/p-2. The summed E-state index contributed by atoms with van der Waals surface area (Å²) in [6, 6.07) is 18.4. The van der Waals surface area contributed by atoms with Gasteiger partial charge in [-0.15, -0.1) is 11.5 Å². The third-order valence-corrected chi connectivity index (χ3v) is 7.05. The van der Waals surface area contributed by atoms with E-state index < -0.39 is 30.0 Å². The number of hydrogen-bond acceptors (Lipinski definition) is 10. The van der Waals surface area contributed by atoms with Gasteiger partial charge in [-0.05, 0) is 59.7 Å². The van der Waals surface area contributed by atoms with Gasteiger partial charge in [0.25, 0.3) is 20.2 Å². The van der Waals surface area contributed by atoms with Crippen molar-refractivity contribution in [3.8, 4) is 11.5 Å². The van der Waals surface area contributed by atoms with Gasteiger partial charge in [-0.1, -0.05) is 48.6 Å². The Morgan fingerprint density at radius 1 is 0.500 bits per heavy atom. The van der Waals surface area contributed by atoms with Crippen LogP contribution in [0.4, 0.5) is 22.7 Å². The molecule has 0 bridgehead atoms. The fourth-order valence-corrected chi connectivity index (χ4v) is 4.74. The van der Waals surface area contributed by atoms with Crippen LogP contribution in [-0.4, -0.2) is 25.9 Å². The third-order valence-electron chi connectivity index (χ3n) is 5.23. The van der Waals surface area contributed by atoms with Crippen LogP contribution < -0.4 is 69.3 Å². The van der Waals surface area contributed by atoms with Gasteiger partial charge in [-0.2, -0.15) is 37.3 Å². The van der Waals surface area contributed by atoms with Crippen LogP contribution in [0.1, 0.15) is 11.1 Å². The minimum absolute atomic E-state index is 0. The summed E-state index contributed by atoms with van der Waals surface area (Å²) in [6.45, 7) is 0. The van der Waals surface area contributed by atoms with E-state index in [-0.39, 0.29) is 93.1 Å². The quantitative estimate of drug-likeness (QED) is 0.111. The molecule has 12 nitrogen and oxygen atoms in total. The molecule has 0 atom stereocenters. The minimum atomic E-state index is -4.74. The van der Waals surface area contributed by atoms with Crippen LogP contribution in [0.2, 0.25) is 0 Å². The summed E-state index contributed by atoms with van der Waals surface area (Å²) in [5.41, 5.74) is 0.826. The summed E-state index contributed by atoms with van der Waals surface area (Å²) >= 11 is 0. The molecule has 42 heavy (non-hydrogen) atoms. The predicted octanol–water partition coefficient (Wildman–Crippen LogP) is -0.664. The van der Waals surface area contributed by atoms with Crippen molar-refractivity contribution in [1.29, 1.82) is 0 Å². The molecule has 0 saturated carbocycles. The number of nitrogens with zero attached hydrogens (tertiary/aromatic N) is 4. The Morgan fingerprint density at radius 3 is 1.10 bits per heavy atom. The molecule has 2 N–H and O–H groups in total. The van der Waals surface area contributed by atoms with Gasteiger partial charge in [0, 0.05) is 0 Å². The second-order valence-electron chi connectivity index (χ2n) is 8.12. The van der Waals surface area contributed by atoms with Gasteiger partial charge in [-0.25, -0.2) is 0 Å². The first-order valence-electron chi connectivity index (χ1n) is 11.2. The molecule has 0 aliphatic rings. The molecule has 204 valence electrons. The van der Waals surface area contributed by atoms with E-state index in [1.54, 1.807) is 0 Å². The predicted molar refractivity (Wildman–Crippen MR) is 142 cm³/mol. The smallest absolute Gasteiger partial charge is 0.872 e. The van der Waals surface area contributed by atoms with Crippen LogP contribution in [0, 0.1) is 0 Å². The third kappa shape index (κ3) is 9.91. The largest absolute Gasteiger partial charge is 1.00 e. The fraction of sp³-hybridized carbons (Fsp3) is 0. The summed E-state index contributed by atoms with van der Waals surface area (Å²) in [7, 11) is -9.48. The Balaban J connectivity index is 0.00000308. The van der Waals surface area contributed by atoms with E-state index in [1.807, 2.05) is 0 Å². The molecule has 4 aromatic rings. The molecule has 16 heteroatoms. The molecule has 0 saturated heterocycles. The number of benzene rings is 4. The van der Waals surface area contributed by atoms with Gasteiger partial charge in [0.15, 0.2) is 0 Å². The SMILES string of the molecule is O=S(=O)(O)c1cc(N=Nc2ccc([O-])cc2)ccc1C=Cc1ccc(N=Nc2ccc([O-])cc2)cc1S(=O)(=O)O.[Na+].[Na+].